The Morgan fingerprint density at radius 3 is 2.48 bits per heavy atom. The Hall–Kier alpha value is -4.25. The zero-order chi connectivity index (χ0) is 24.0. The van der Waals surface area contributed by atoms with Crippen LogP contribution in [0.4, 0.5) is 10.8 Å². The number of aliphatic carboxylic acids is 1. The number of carbonyl (C=O) groups excluding carboxylic acids is 2. The Kier molecular flexibility index (Phi) is 7.36. The highest BCUT2D eigenvalue weighted by Crippen LogP contribution is 2.26. The monoisotopic (exact) mass is 466 g/mol. The van der Waals surface area contributed by atoms with Gasteiger partial charge in [-0.1, -0.05) is 47.7 Å². The minimum atomic E-state index is -1.04. The van der Waals surface area contributed by atoms with E-state index in [0.717, 1.165) is 11.3 Å². The van der Waals surface area contributed by atoms with Crippen LogP contribution in [0, 0.1) is 6.92 Å². The van der Waals surface area contributed by atoms with Crippen molar-refractivity contribution < 1.29 is 19.5 Å². The number of nitrogens with one attached hydrogen (secondary N) is 2. The fraction of sp³-hybridized carbons (Fsp3) is 0.136. The van der Waals surface area contributed by atoms with E-state index in [1.165, 1.54) is 6.07 Å². The Labute approximate surface area is 193 Å². The Bertz CT molecular complexity index is 1200. The zero-order valence-electron chi connectivity index (χ0n) is 17.6. The minimum Gasteiger partial charge on any atom is -0.481 e. The molecule has 11 heteroatoms. The summed E-state index contributed by atoms with van der Waals surface area (Å²) in [5.41, 5.74) is 12.5. The van der Waals surface area contributed by atoms with Crippen LogP contribution in [0.25, 0.3) is 0 Å². The third kappa shape index (κ3) is 6.37. The Balaban J connectivity index is 1.75. The first kappa shape index (κ1) is 23.4. The molecular weight excluding hydrogens is 444 g/mol. The largest absolute Gasteiger partial charge is 0.481 e. The van der Waals surface area contributed by atoms with Crippen LogP contribution in [0.5, 0.6) is 0 Å². The molecule has 3 rings (SSSR count). The van der Waals surface area contributed by atoms with Crippen molar-refractivity contribution in [3.8, 4) is 0 Å². The van der Waals surface area contributed by atoms with Crippen LogP contribution >= 0.6 is 11.3 Å². The van der Waals surface area contributed by atoms with E-state index < -0.39 is 23.8 Å². The highest BCUT2D eigenvalue weighted by Gasteiger charge is 2.20. The van der Waals surface area contributed by atoms with Gasteiger partial charge in [-0.15, -0.1) is 0 Å². The number of rotatable bonds is 8. The second kappa shape index (κ2) is 10.4. The van der Waals surface area contributed by atoms with E-state index in [1.807, 2.05) is 0 Å². The molecule has 0 spiro atoms. The van der Waals surface area contributed by atoms with Gasteiger partial charge in [0.15, 0.2) is 5.96 Å². The number of carbonyl (C=O) groups is 3. The van der Waals surface area contributed by atoms with Crippen LogP contribution < -0.4 is 22.1 Å². The first-order valence-corrected chi connectivity index (χ1v) is 10.6. The molecule has 0 aliphatic carbocycles. The number of aryl methyl sites for hydroxylation is 1. The maximum absolute atomic E-state index is 12.8. The van der Waals surface area contributed by atoms with Crippen molar-refractivity contribution in [1.82, 2.24) is 10.3 Å². The number of carboxylic acid groups (broad SMARTS) is 1. The van der Waals surface area contributed by atoms with Crippen molar-refractivity contribution in [3.05, 3.63) is 76.3 Å². The first-order chi connectivity index (χ1) is 15.7. The number of benzene rings is 2. The number of carboxylic acids is 1. The highest BCUT2D eigenvalue weighted by molar-refractivity contribution is 7.17. The van der Waals surface area contributed by atoms with Gasteiger partial charge in [0.1, 0.15) is 4.88 Å². The lowest BCUT2D eigenvalue weighted by molar-refractivity contribution is -0.137. The molecule has 33 heavy (non-hydrogen) atoms. The number of aromatic nitrogens is 1. The average molecular weight is 467 g/mol. The molecule has 1 heterocycles. The van der Waals surface area contributed by atoms with E-state index in [2.05, 4.69) is 20.6 Å². The lowest BCUT2D eigenvalue weighted by atomic mass is 10.0. The molecule has 1 atom stereocenters. The van der Waals surface area contributed by atoms with E-state index in [4.69, 9.17) is 11.5 Å². The van der Waals surface area contributed by atoms with Crippen LogP contribution in [0.3, 0.4) is 0 Å². The Morgan fingerprint density at radius 1 is 1.09 bits per heavy atom. The molecule has 2 aromatic carbocycles. The molecule has 1 unspecified atom stereocenters. The van der Waals surface area contributed by atoms with E-state index >= 15 is 0 Å². The predicted molar refractivity (Wildman–Crippen MR) is 126 cm³/mol. The quantitative estimate of drug-likeness (QED) is 0.250. The first-order valence-electron chi connectivity index (χ1n) is 9.79. The standard InChI is InChI=1S/C22H22N6O4S/c1-12-18(33-22(25-12)28-21(23)24)20(32)26-15-9-5-8-14(10-15)19(31)27-16(11-17(29)30)13-6-3-2-4-7-13/h2-10,16H,11H2,1H3,(H,26,32)(H,27,31)(H,29,30)(H4,23,24,25,28). The number of nitrogens with zero attached hydrogens (tertiary/aromatic N) is 2. The number of amides is 2. The van der Waals surface area contributed by atoms with Gasteiger partial charge in [-0.05, 0) is 30.7 Å². The summed E-state index contributed by atoms with van der Waals surface area (Å²) >= 11 is 1.03. The normalized spacial score (nSPS) is 11.3. The smallest absolute Gasteiger partial charge is 0.305 e. The molecule has 0 fully saturated rings. The third-order valence-electron chi connectivity index (χ3n) is 4.48. The topological polar surface area (TPSA) is 173 Å². The molecule has 1 aromatic heterocycles. The van der Waals surface area contributed by atoms with Gasteiger partial charge in [0.05, 0.1) is 18.2 Å². The number of hydrogen-bond donors (Lipinski definition) is 5. The summed E-state index contributed by atoms with van der Waals surface area (Å²) in [5, 5.41) is 15.0. The highest BCUT2D eigenvalue weighted by atomic mass is 32.1. The fourth-order valence-electron chi connectivity index (χ4n) is 3.03. The van der Waals surface area contributed by atoms with Crippen molar-refractivity contribution in [3.63, 3.8) is 0 Å². The number of nitrogens with two attached hydrogens (primary N) is 2. The molecule has 3 aromatic rings. The molecule has 2 amide bonds. The predicted octanol–water partition coefficient (Wildman–Crippen LogP) is 2.55. The second-order valence-corrected chi connectivity index (χ2v) is 7.99. The average Bonchev–Trinajstić information content (AvgIpc) is 3.13. The molecule has 7 N–H and O–H groups in total. The van der Waals surface area contributed by atoms with Gasteiger partial charge in [-0.2, -0.15) is 4.99 Å². The number of anilines is 1. The minimum absolute atomic E-state index is 0.161. The molecule has 0 bridgehead atoms. The maximum atomic E-state index is 12.8. The number of thiazole rings is 1. The van der Waals surface area contributed by atoms with Gasteiger partial charge in [0.25, 0.3) is 11.8 Å². The fourth-order valence-corrected chi connectivity index (χ4v) is 3.88. The summed E-state index contributed by atoms with van der Waals surface area (Å²) in [5.74, 6) is -2.09. The molecule has 0 radical (unpaired) electrons. The molecular formula is C22H22N6O4S. The zero-order valence-corrected chi connectivity index (χ0v) is 18.4. The SMILES string of the molecule is Cc1nc(N=C(N)N)sc1C(=O)Nc1cccc(C(=O)NC(CC(=O)O)c2ccccc2)c1. The molecule has 10 nitrogen and oxygen atoms in total. The van der Waals surface area contributed by atoms with E-state index in [0.29, 0.717) is 21.8 Å². The van der Waals surface area contributed by atoms with Crippen molar-refractivity contribution in [2.45, 2.75) is 19.4 Å². The van der Waals surface area contributed by atoms with E-state index in [-0.39, 0.29) is 23.1 Å². The van der Waals surface area contributed by atoms with Crippen LogP contribution in [0.1, 0.15) is 43.7 Å². The summed E-state index contributed by atoms with van der Waals surface area (Å²) in [6.45, 7) is 1.66. The van der Waals surface area contributed by atoms with Gasteiger partial charge >= 0.3 is 5.97 Å². The second-order valence-electron chi connectivity index (χ2n) is 7.02. The van der Waals surface area contributed by atoms with Gasteiger partial charge in [-0.3, -0.25) is 14.4 Å². The number of aliphatic imine (C=N–C) groups is 1. The van der Waals surface area contributed by atoms with E-state index in [9.17, 15) is 19.5 Å². The third-order valence-corrected chi connectivity index (χ3v) is 5.53. The van der Waals surface area contributed by atoms with Crippen molar-refractivity contribution in [1.29, 1.82) is 0 Å². The van der Waals surface area contributed by atoms with Gasteiger partial charge in [-0.25, -0.2) is 4.98 Å². The van der Waals surface area contributed by atoms with Crippen molar-refractivity contribution in [2.75, 3.05) is 5.32 Å². The van der Waals surface area contributed by atoms with Crippen LogP contribution in [-0.4, -0.2) is 33.8 Å². The summed E-state index contributed by atoms with van der Waals surface area (Å²) in [6.07, 6.45) is -0.269. The summed E-state index contributed by atoms with van der Waals surface area (Å²) < 4.78 is 0. The number of hydrogen-bond acceptors (Lipinski definition) is 6. The van der Waals surface area contributed by atoms with Crippen molar-refractivity contribution in [2.24, 2.45) is 16.5 Å². The summed E-state index contributed by atoms with van der Waals surface area (Å²) in [6, 6.07) is 14.5. The summed E-state index contributed by atoms with van der Waals surface area (Å²) in [7, 11) is 0. The summed E-state index contributed by atoms with van der Waals surface area (Å²) in [4.78, 5) is 45.1. The molecule has 0 aliphatic heterocycles. The van der Waals surface area contributed by atoms with Gasteiger partial charge < -0.3 is 27.2 Å². The van der Waals surface area contributed by atoms with E-state index in [1.54, 1.807) is 55.5 Å². The van der Waals surface area contributed by atoms with Crippen molar-refractivity contribution >= 4 is 45.9 Å². The molecule has 0 saturated carbocycles. The van der Waals surface area contributed by atoms with Crippen LogP contribution in [0.2, 0.25) is 0 Å². The van der Waals surface area contributed by atoms with Crippen LogP contribution in [0.15, 0.2) is 59.6 Å². The maximum Gasteiger partial charge on any atom is 0.305 e. The van der Waals surface area contributed by atoms with Crippen LogP contribution in [-0.2, 0) is 4.79 Å². The number of guanidine groups is 1. The lowest BCUT2D eigenvalue weighted by Gasteiger charge is -2.18. The van der Waals surface area contributed by atoms with Gasteiger partial charge in [0, 0.05) is 11.3 Å². The molecule has 0 aliphatic rings. The Morgan fingerprint density at radius 2 is 1.82 bits per heavy atom. The molecule has 170 valence electrons. The van der Waals surface area contributed by atoms with Gasteiger partial charge in [0.2, 0.25) is 5.13 Å². The lowest BCUT2D eigenvalue weighted by Crippen LogP contribution is -2.30. The molecule has 0 saturated heterocycles.